The largest absolute Gasteiger partial charge is 0.393 e. The lowest BCUT2D eigenvalue weighted by molar-refractivity contribution is -0.189. The van der Waals surface area contributed by atoms with Crippen LogP contribution in [0.3, 0.4) is 0 Å². The lowest BCUT2D eigenvalue weighted by Crippen LogP contribution is -2.45. The Hall–Kier alpha value is -1.24. The zero-order valence-electron chi connectivity index (χ0n) is 11.1. The summed E-state index contributed by atoms with van der Waals surface area (Å²) < 4.78 is 77.9. The second-order valence-electron chi connectivity index (χ2n) is 5.28. The number of hydrogen-bond donors (Lipinski definition) is 1. The number of hydrogen-bond acceptors (Lipinski definition) is 1. The SMILES string of the molecule is Fc1cc(F)c(CNC2CCCCC2C(F)(F)F)cc1F. The van der Waals surface area contributed by atoms with Crippen LogP contribution in [0.25, 0.3) is 0 Å². The minimum atomic E-state index is -4.31. The van der Waals surface area contributed by atoms with Crippen molar-refractivity contribution in [2.45, 2.75) is 44.4 Å². The second kappa shape index (κ2) is 6.25. The Kier molecular flexibility index (Phi) is 4.81. The molecule has 7 heteroatoms. The predicted octanol–water partition coefficient (Wildman–Crippen LogP) is 4.31. The monoisotopic (exact) mass is 311 g/mol. The van der Waals surface area contributed by atoms with Gasteiger partial charge in [-0.2, -0.15) is 13.2 Å². The Labute approximate surface area is 118 Å². The van der Waals surface area contributed by atoms with E-state index in [0.717, 1.165) is 0 Å². The number of benzene rings is 1. The average molecular weight is 311 g/mol. The summed E-state index contributed by atoms with van der Waals surface area (Å²) in [6.45, 7) is -0.264. The van der Waals surface area contributed by atoms with Gasteiger partial charge in [0.05, 0.1) is 5.92 Å². The van der Waals surface area contributed by atoms with Crippen molar-refractivity contribution in [3.8, 4) is 0 Å². The van der Waals surface area contributed by atoms with Crippen LogP contribution in [0.1, 0.15) is 31.2 Å². The fourth-order valence-electron chi connectivity index (χ4n) is 2.71. The van der Waals surface area contributed by atoms with Gasteiger partial charge in [-0.25, -0.2) is 13.2 Å². The van der Waals surface area contributed by atoms with Crippen molar-refractivity contribution in [2.75, 3.05) is 0 Å². The molecule has 1 saturated carbocycles. The van der Waals surface area contributed by atoms with Gasteiger partial charge in [-0.3, -0.25) is 0 Å². The molecule has 0 spiro atoms. The van der Waals surface area contributed by atoms with Gasteiger partial charge in [-0.15, -0.1) is 0 Å². The molecule has 0 aliphatic heterocycles. The van der Waals surface area contributed by atoms with Crippen LogP contribution in [-0.4, -0.2) is 12.2 Å². The first-order valence-electron chi connectivity index (χ1n) is 6.72. The lowest BCUT2D eigenvalue weighted by Gasteiger charge is -2.33. The first kappa shape index (κ1) is 16.1. The number of alkyl halides is 3. The van der Waals surface area contributed by atoms with Crippen molar-refractivity contribution >= 4 is 0 Å². The minimum Gasteiger partial charge on any atom is -0.309 e. The van der Waals surface area contributed by atoms with Gasteiger partial charge in [0.1, 0.15) is 5.82 Å². The highest BCUT2D eigenvalue weighted by atomic mass is 19.4. The maximum Gasteiger partial charge on any atom is 0.393 e. The fraction of sp³-hybridized carbons (Fsp3) is 0.571. The van der Waals surface area contributed by atoms with Crippen molar-refractivity contribution in [1.29, 1.82) is 0 Å². The van der Waals surface area contributed by atoms with Crippen molar-refractivity contribution in [3.63, 3.8) is 0 Å². The number of rotatable bonds is 3. The summed E-state index contributed by atoms with van der Waals surface area (Å²) in [6, 6.07) is 0.239. The van der Waals surface area contributed by atoms with Crippen molar-refractivity contribution in [1.82, 2.24) is 5.32 Å². The van der Waals surface area contributed by atoms with Crippen LogP contribution in [0, 0.1) is 23.4 Å². The van der Waals surface area contributed by atoms with E-state index in [1.165, 1.54) is 0 Å². The third-order valence-corrected chi connectivity index (χ3v) is 3.83. The molecule has 2 unspecified atom stereocenters. The molecule has 1 aromatic carbocycles. The molecular formula is C14H15F6N. The molecule has 0 saturated heterocycles. The normalized spacial score (nSPS) is 23.3. The number of halogens is 6. The maximum atomic E-state index is 13.4. The summed E-state index contributed by atoms with van der Waals surface area (Å²) in [4.78, 5) is 0. The highest BCUT2D eigenvalue weighted by Crippen LogP contribution is 2.37. The molecule has 1 aromatic rings. The Balaban J connectivity index is 2.06. The molecule has 1 N–H and O–H groups in total. The van der Waals surface area contributed by atoms with Crippen LogP contribution in [0.5, 0.6) is 0 Å². The summed E-state index contributed by atoms with van der Waals surface area (Å²) in [5.74, 6) is -4.99. The van der Waals surface area contributed by atoms with Gasteiger partial charge in [-0.1, -0.05) is 12.8 Å². The summed E-state index contributed by atoms with van der Waals surface area (Å²) in [5, 5.41) is 2.63. The number of nitrogens with one attached hydrogen (secondary N) is 1. The minimum absolute atomic E-state index is 0.0292. The molecule has 0 bridgehead atoms. The molecule has 1 aliphatic carbocycles. The van der Waals surface area contributed by atoms with Gasteiger partial charge in [0, 0.05) is 24.2 Å². The molecule has 118 valence electrons. The third kappa shape index (κ3) is 3.90. The Bertz CT molecular complexity index is 499. The van der Waals surface area contributed by atoms with Crippen LogP contribution in [0.15, 0.2) is 12.1 Å². The molecule has 0 aromatic heterocycles. The van der Waals surface area contributed by atoms with Crippen LogP contribution in [-0.2, 0) is 6.54 Å². The first-order chi connectivity index (χ1) is 9.79. The standard InChI is InChI=1S/C14H15F6N/c15-10-6-12(17)11(16)5-8(10)7-21-13-4-2-1-3-9(13)14(18,19)20/h5-6,9,13,21H,1-4,7H2. The van der Waals surface area contributed by atoms with Crippen LogP contribution in [0.4, 0.5) is 26.3 Å². The van der Waals surface area contributed by atoms with E-state index in [1.54, 1.807) is 0 Å². The molecule has 0 radical (unpaired) electrons. The van der Waals surface area contributed by atoms with Gasteiger partial charge < -0.3 is 5.32 Å². The van der Waals surface area contributed by atoms with E-state index >= 15 is 0 Å². The van der Waals surface area contributed by atoms with Crippen LogP contribution in [0.2, 0.25) is 0 Å². The van der Waals surface area contributed by atoms with E-state index in [-0.39, 0.29) is 18.5 Å². The van der Waals surface area contributed by atoms with Crippen LogP contribution < -0.4 is 5.32 Å². The molecule has 1 aliphatic rings. The molecule has 2 rings (SSSR count). The zero-order valence-corrected chi connectivity index (χ0v) is 11.1. The topological polar surface area (TPSA) is 12.0 Å². The maximum absolute atomic E-state index is 13.4. The summed E-state index contributed by atoms with van der Waals surface area (Å²) in [5.41, 5.74) is -0.180. The summed E-state index contributed by atoms with van der Waals surface area (Å²) in [7, 11) is 0. The predicted molar refractivity (Wildman–Crippen MR) is 65.0 cm³/mol. The second-order valence-corrected chi connectivity index (χ2v) is 5.28. The smallest absolute Gasteiger partial charge is 0.309 e. The molecule has 1 fully saturated rings. The zero-order chi connectivity index (χ0) is 15.6. The Morgan fingerprint density at radius 1 is 0.952 bits per heavy atom. The highest BCUT2D eigenvalue weighted by Gasteiger charge is 2.45. The molecule has 1 nitrogen and oxygen atoms in total. The lowest BCUT2D eigenvalue weighted by atomic mass is 9.84. The van der Waals surface area contributed by atoms with Crippen molar-refractivity contribution < 1.29 is 26.3 Å². The fourth-order valence-corrected chi connectivity index (χ4v) is 2.71. The van der Waals surface area contributed by atoms with E-state index in [0.29, 0.717) is 31.4 Å². The van der Waals surface area contributed by atoms with Gasteiger partial charge in [0.15, 0.2) is 11.6 Å². The van der Waals surface area contributed by atoms with Crippen molar-refractivity contribution in [2.24, 2.45) is 5.92 Å². The first-order valence-corrected chi connectivity index (χ1v) is 6.72. The Morgan fingerprint density at radius 3 is 2.24 bits per heavy atom. The molecule has 2 atom stereocenters. The van der Waals surface area contributed by atoms with Crippen molar-refractivity contribution in [3.05, 3.63) is 35.1 Å². The molecule has 21 heavy (non-hydrogen) atoms. The van der Waals surface area contributed by atoms with E-state index in [1.807, 2.05) is 0 Å². The van der Waals surface area contributed by atoms with Gasteiger partial charge in [0.2, 0.25) is 0 Å². The van der Waals surface area contributed by atoms with E-state index in [2.05, 4.69) is 5.32 Å². The van der Waals surface area contributed by atoms with Crippen LogP contribution >= 0.6 is 0 Å². The average Bonchev–Trinajstić information content (AvgIpc) is 2.41. The molecule has 0 amide bonds. The van der Waals surface area contributed by atoms with E-state index in [4.69, 9.17) is 0 Å². The van der Waals surface area contributed by atoms with Gasteiger partial charge in [0.25, 0.3) is 0 Å². The van der Waals surface area contributed by atoms with Gasteiger partial charge >= 0.3 is 6.18 Å². The van der Waals surface area contributed by atoms with E-state index < -0.39 is 35.6 Å². The Morgan fingerprint density at radius 2 is 1.57 bits per heavy atom. The van der Waals surface area contributed by atoms with Gasteiger partial charge in [-0.05, 0) is 18.9 Å². The molecule has 0 heterocycles. The highest BCUT2D eigenvalue weighted by molar-refractivity contribution is 5.20. The summed E-state index contributed by atoms with van der Waals surface area (Å²) in [6.07, 6.45) is -2.80. The summed E-state index contributed by atoms with van der Waals surface area (Å²) >= 11 is 0. The van der Waals surface area contributed by atoms with E-state index in [9.17, 15) is 26.3 Å². The molecular weight excluding hydrogens is 296 g/mol. The third-order valence-electron chi connectivity index (χ3n) is 3.83. The quantitative estimate of drug-likeness (QED) is 0.648.